The minimum absolute atomic E-state index is 0.0950. The van der Waals surface area contributed by atoms with E-state index in [9.17, 15) is 24.0 Å². The Labute approximate surface area is 173 Å². The van der Waals surface area contributed by atoms with E-state index < -0.39 is 29.7 Å². The molecule has 1 unspecified atom stereocenters. The summed E-state index contributed by atoms with van der Waals surface area (Å²) in [4.78, 5) is 63.3. The SMILES string of the molecule is O=CCN1CCC(CNc2cccc3c2C(=O)N(C2CCC(=O)NC2=O)C3=O)CC1. The molecule has 4 amide bonds. The lowest BCUT2D eigenvalue weighted by Crippen LogP contribution is -2.54. The number of likely N-dealkylation sites (tertiary alicyclic amines) is 1. The molecule has 1 aromatic carbocycles. The number of piperidine rings is 2. The fraction of sp³-hybridized carbons (Fsp3) is 0.476. The largest absolute Gasteiger partial charge is 0.384 e. The molecule has 9 nitrogen and oxygen atoms in total. The standard InChI is InChI=1S/C21H24N4O5/c26-11-10-24-8-6-13(7-9-24)12-22-15-3-1-2-14-18(15)21(30)25(20(14)29)16-4-5-17(27)23-19(16)28/h1-3,11,13,16,22H,4-10,12H2,(H,23,27,28). The Hall–Kier alpha value is -3.07. The first-order valence-corrected chi connectivity index (χ1v) is 10.2. The molecule has 4 rings (SSSR count). The van der Waals surface area contributed by atoms with E-state index in [4.69, 9.17) is 0 Å². The van der Waals surface area contributed by atoms with Gasteiger partial charge in [0.15, 0.2) is 0 Å². The Morgan fingerprint density at radius 2 is 1.83 bits per heavy atom. The summed E-state index contributed by atoms with van der Waals surface area (Å²) in [6, 6.07) is 4.10. The lowest BCUT2D eigenvalue weighted by atomic mass is 9.96. The highest BCUT2D eigenvalue weighted by Crippen LogP contribution is 2.32. The highest BCUT2D eigenvalue weighted by Gasteiger charge is 2.45. The number of carbonyl (C=O) groups excluding carboxylic acids is 5. The van der Waals surface area contributed by atoms with E-state index in [0.717, 1.165) is 37.1 Å². The molecule has 3 aliphatic rings. The van der Waals surface area contributed by atoms with E-state index in [2.05, 4.69) is 15.5 Å². The van der Waals surface area contributed by atoms with Gasteiger partial charge in [-0.3, -0.25) is 34.3 Å². The van der Waals surface area contributed by atoms with Gasteiger partial charge in [0.05, 0.1) is 17.7 Å². The minimum Gasteiger partial charge on any atom is -0.384 e. The van der Waals surface area contributed by atoms with Crippen molar-refractivity contribution >= 4 is 35.6 Å². The van der Waals surface area contributed by atoms with Crippen molar-refractivity contribution in [1.82, 2.24) is 15.1 Å². The van der Waals surface area contributed by atoms with E-state index in [1.165, 1.54) is 0 Å². The molecule has 0 saturated carbocycles. The quantitative estimate of drug-likeness (QED) is 0.514. The first kappa shape index (κ1) is 20.2. The lowest BCUT2D eigenvalue weighted by Gasteiger charge is -2.31. The summed E-state index contributed by atoms with van der Waals surface area (Å²) in [5.41, 5.74) is 1.14. The van der Waals surface area contributed by atoms with Crippen molar-refractivity contribution in [3.63, 3.8) is 0 Å². The molecular weight excluding hydrogens is 388 g/mol. The van der Waals surface area contributed by atoms with Crippen LogP contribution in [-0.2, 0) is 14.4 Å². The van der Waals surface area contributed by atoms with Crippen molar-refractivity contribution in [3.8, 4) is 0 Å². The molecule has 0 radical (unpaired) electrons. The van der Waals surface area contributed by atoms with Crippen LogP contribution in [0.15, 0.2) is 18.2 Å². The van der Waals surface area contributed by atoms with Crippen molar-refractivity contribution in [2.75, 3.05) is 31.5 Å². The number of carbonyl (C=O) groups is 5. The molecule has 3 aliphatic heterocycles. The van der Waals surface area contributed by atoms with Crippen molar-refractivity contribution in [3.05, 3.63) is 29.3 Å². The van der Waals surface area contributed by atoms with Crippen LogP contribution < -0.4 is 10.6 Å². The van der Waals surface area contributed by atoms with Gasteiger partial charge in [0.25, 0.3) is 11.8 Å². The molecule has 0 spiro atoms. The third kappa shape index (κ3) is 3.72. The smallest absolute Gasteiger partial charge is 0.264 e. The summed E-state index contributed by atoms with van der Waals surface area (Å²) >= 11 is 0. The summed E-state index contributed by atoms with van der Waals surface area (Å²) in [5, 5.41) is 5.52. The Morgan fingerprint density at radius 3 is 2.53 bits per heavy atom. The first-order chi connectivity index (χ1) is 14.5. The van der Waals surface area contributed by atoms with Crippen LogP contribution in [-0.4, -0.2) is 71.9 Å². The second-order valence-corrected chi connectivity index (χ2v) is 7.97. The maximum absolute atomic E-state index is 13.1. The van der Waals surface area contributed by atoms with E-state index >= 15 is 0 Å². The number of amides is 4. The van der Waals surface area contributed by atoms with Crippen LogP contribution in [0.5, 0.6) is 0 Å². The van der Waals surface area contributed by atoms with Gasteiger partial charge in [0, 0.05) is 18.7 Å². The number of benzene rings is 1. The fourth-order valence-electron chi connectivity index (χ4n) is 4.40. The van der Waals surface area contributed by atoms with E-state index in [-0.39, 0.29) is 24.0 Å². The molecule has 2 fully saturated rings. The maximum Gasteiger partial charge on any atom is 0.264 e. The van der Waals surface area contributed by atoms with Crippen molar-refractivity contribution in [2.24, 2.45) is 5.92 Å². The Bertz CT molecular complexity index is 907. The molecule has 158 valence electrons. The average molecular weight is 412 g/mol. The fourth-order valence-corrected chi connectivity index (χ4v) is 4.40. The number of aldehydes is 1. The first-order valence-electron chi connectivity index (χ1n) is 10.2. The van der Waals surface area contributed by atoms with Crippen LogP contribution in [0.3, 0.4) is 0 Å². The summed E-state index contributed by atoms with van der Waals surface area (Å²) < 4.78 is 0. The number of rotatable bonds is 6. The van der Waals surface area contributed by atoms with Crippen LogP contribution in [0.2, 0.25) is 0 Å². The van der Waals surface area contributed by atoms with E-state index in [1.54, 1.807) is 18.2 Å². The zero-order valence-electron chi connectivity index (χ0n) is 16.6. The van der Waals surface area contributed by atoms with Gasteiger partial charge in [-0.05, 0) is 50.4 Å². The normalized spacial score (nSPS) is 22.8. The molecule has 0 aliphatic carbocycles. The van der Waals surface area contributed by atoms with Crippen LogP contribution in [0.4, 0.5) is 5.69 Å². The van der Waals surface area contributed by atoms with E-state index in [1.807, 2.05) is 0 Å². The molecule has 1 aromatic rings. The second kappa shape index (κ2) is 8.35. The minimum atomic E-state index is -0.968. The third-order valence-corrected chi connectivity index (χ3v) is 6.09. The summed E-state index contributed by atoms with van der Waals surface area (Å²) in [6.07, 6.45) is 3.05. The summed E-state index contributed by atoms with van der Waals surface area (Å²) in [7, 11) is 0. The molecule has 0 aromatic heterocycles. The summed E-state index contributed by atoms with van der Waals surface area (Å²) in [5.74, 6) is -1.61. The molecule has 3 heterocycles. The van der Waals surface area contributed by atoms with Crippen molar-refractivity contribution < 1.29 is 24.0 Å². The Balaban J connectivity index is 1.46. The highest BCUT2D eigenvalue weighted by molar-refractivity contribution is 6.25. The Morgan fingerprint density at radius 1 is 1.07 bits per heavy atom. The number of hydrogen-bond acceptors (Lipinski definition) is 7. The van der Waals surface area contributed by atoms with Gasteiger partial charge in [-0.25, -0.2) is 0 Å². The number of nitrogens with zero attached hydrogens (tertiary/aromatic N) is 2. The monoisotopic (exact) mass is 412 g/mol. The second-order valence-electron chi connectivity index (χ2n) is 7.97. The number of hydrogen-bond donors (Lipinski definition) is 2. The number of imide groups is 2. The maximum atomic E-state index is 13.1. The van der Waals surface area contributed by atoms with Crippen LogP contribution in [0, 0.1) is 5.92 Å². The topological polar surface area (TPSA) is 116 Å². The molecule has 1 atom stereocenters. The van der Waals surface area contributed by atoms with Crippen LogP contribution >= 0.6 is 0 Å². The number of anilines is 1. The Kier molecular flexibility index (Phi) is 5.63. The predicted molar refractivity (Wildman–Crippen MR) is 107 cm³/mol. The number of nitrogens with one attached hydrogen (secondary N) is 2. The van der Waals surface area contributed by atoms with Gasteiger partial charge < -0.3 is 10.1 Å². The zero-order valence-corrected chi connectivity index (χ0v) is 16.6. The van der Waals surface area contributed by atoms with Gasteiger partial charge in [0.2, 0.25) is 11.8 Å². The molecule has 2 saturated heterocycles. The van der Waals surface area contributed by atoms with Crippen LogP contribution in [0.1, 0.15) is 46.4 Å². The average Bonchev–Trinajstić information content (AvgIpc) is 2.99. The number of fused-ring (bicyclic) bond motifs is 1. The molecule has 0 bridgehead atoms. The molecule has 2 N–H and O–H groups in total. The third-order valence-electron chi connectivity index (χ3n) is 6.09. The van der Waals surface area contributed by atoms with Gasteiger partial charge in [0.1, 0.15) is 12.3 Å². The van der Waals surface area contributed by atoms with Crippen LogP contribution in [0.25, 0.3) is 0 Å². The lowest BCUT2D eigenvalue weighted by molar-refractivity contribution is -0.136. The predicted octanol–water partition coefficient (Wildman–Crippen LogP) is 0.411. The highest BCUT2D eigenvalue weighted by atomic mass is 16.2. The molecule has 30 heavy (non-hydrogen) atoms. The van der Waals surface area contributed by atoms with Gasteiger partial charge in [-0.1, -0.05) is 6.07 Å². The molecular formula is C21H24N4O5. The van der Waals surface area contributed by atoms with E-state index in [0.29, 0.717) is 24.7 Å². The van der Waals surface area contributed by atoms with Gasteiger partial charge in [-0.15, -0.1) is 0 Å². The van der Waals surface area contributed by atoms with Crippen molar-refractivity contribution in [2.45, 2.75) is 31.7 Å². The summed E-state index contributed by atoms with van der Waals surface area (Å²) in [6.45, 7) is 2.84. The van der Waals surface area contributed by atoms with Gasteiger partial charge in [-0.2, -0.15) is 0 Å². The zero-order chi connectivity index (χ0) is 21.3. The molecule has 9 heteroatoms. The van der Waals surface area contributed by atoms with Crippen molar-refractivity contribution in [1.29, 1.82) is 0 Å². The van der Waals surface area contributed by atoms with Gasteiger partial charge >= 0.3 is 0 Å².